The fourth-order valence-electron chi connectivity index (χ4n) is 3.15. The van der Waals surface area contributed by atoms with Crippen molar-refractivity contribution >= 4 is 0 Å². The third-order valence-electron chi connectivity index (χ3n) is 4.72. The minimum Gasteiger partial charge on any atom is -0.317 e. The molecule has 2 nitrogen and oxygen atoms in total. The van der Waals surface area contributed by atoms with Crippen LogP contribution in [0.5, 0.6) is 0 Å². The van der Waals surface area contributed by atoms with E-state index < -0.39 is 0 Å². The first-order chi connectivity index (χ1) is 7.66. The summed E-state index contributed by atoms with van der Waals surface area (Å²) in [7, 11) is 2.34. The predicted molar refractivity (Wildman–Crippen MR) is 69.6 cm³/mol. The topological polar surface area (TPSA) is 15.3 Å². The summed E-state index contributed by atoms with van der Waals surface area (Å²) in [6.45, 7) is 8.54. The Hall–Kier alpha value is -0.0800. The van der Waals surface area contributed by atoms with Gasteiger partial charge in [-0.2, -0.15) is 0 Å². The number of hydrogen-bond acceptors (Lipinski definition) is 2. The summed E-state index contributed by atoms with van der Waals surface area (Å²) in [5.41, 5.74) is 0. The molecule has 1 heterocycles. The maximum atomic E-state index is 3.45. The SMILES string of the molecule is CC(C)C1CC(N(C)CC2CCNCC2)C1. The molecule has 1 saturated carbocycles. The van der Waals surface area contributed by atoms with Crippen LogP contribution in [0.3, 0.4) is 0 Å². The number of rotatable bonds is 4. The van der Waals surface area contributed by atoms with E-state index in [4.69, 9.17) is 0 Å². The van der Waals surface area contributed by atoms with E-state index in [9.17, 15) is 0 Å². The van der Waals surface area contributed by atoms with Gasteiger partial charge in [0, 0.05) is 12.6 Å². The maximum Gasteiger partial charge on any atom is 0.00978 e. The molecule has 0 bridgehead atoms. The molecule has 16 heavy (non-hydrogen) atoms. The average molecular weight is 224 g/mol. The maximum absolute atomic E-state index is 3.45. The van der Waals surface area contributed by atoms with Crippen LogP contribution in [0.15, 0.2) is 0 Å². The molecule has 0 aromatic rings. The molecule has 0 spiro atoms. The van der Waals surface area contributed by atoms with Crippen LogP contribution in [0.4, 0.5) is 0 Å². The first-order valence-corrected chi connectivity index (χ1v) is 7.07. The summed E-state index contributed by atoms with van der Waals surface area (Å²) < 4.78 is 0. The summed E-state index contributed by atoms with van der Waals surface area (Å²) in [5, 5.41) is 3.45. The summed E-state index contributed by atoms with van der Waals surface area (Å²) in [5.74, 6) is 2.84. The molecule has 1 saturated heterocycles. The Kier molecular flexibility index (Phi) is 4.26. The molecule has 0 aromatic carbocycles. The molecule has 0 amide bonds. The van der Waals surface area contributed by atoms with Gasteiger partial charge in [0.15, 0.2) is 0 Å². The van der Waals surface area contributed by atoms with Gasteiger partial charge in [0.2, 0.25) is 0 Å². The molecule has 1 aliphatic carbocycles. The zero-order valence-electron chi connectivity index (χ0n) is 11.2. The smallest absolute Gasteiger partial charge is 0.00978 e. The Balaban J connectivity index is 1.67. The fourth-order valence-corrected chi connectivity index (χ4v) is 3.15. The van der Waals surface area contributed by atoms with Crippen LogP contribution in [-0.4, -0.2) is 37.6 Å². The zero-order chi connectivity index (χ0) is 11.5. The summed E-state index contributed by atoms with van der Waals surface area (Å²) in [4.78, 5) is 2.63. The Morgan fingerprint density at radius 2 is 1.81 bits per heavy atom. The quantitative estimate of drug-likeness (QED) is 0.788. The third kappa shape index (κ3) is 2.98. The van der Waals surface area contributed by atoms with Crippen LogP contribution in [-0.2, 0) is 0 Å². The zero-order valence-corrected chi connectivity index (χ0v) is 11.2. The molecule has 0 aromatic heterocycles. The molecule has 94 valence electrons. The van der Waals surface area contributed by atoms with Crippen LogP contribution >= 0.6 is 0 Å². The van der Waals surface area contributed by atoms with Crippen LogP contribution in [0.25, 0.3) is 0 Å². The van der Waals surface area contributed by atoms with Gasteiger partial charge in [0.1, 0.15) is 0 Å². The molecule has 0 radical (unpaired) electrons. The lowest BCUT2D eigenvalue weighted by Crippen LogP contribution is -2.46. The Bertz CT molecular complexity index is 203. The van der Waals surface area contributed by atoms with Crippen molar-refractivity contribution < 1.29 is 0 Å². The molecule has 2 heteroatoms. The number of nitrogens with zero attached hydrogens (tertiary/aromatic N) is 1. The van der Waals surface area contributed by atoms with Crippen molar-refractivity contribution in [1.82, 2.24) is 10.2 Å². The fraction of sp³-hybridized carbons (Fsp3) is 1.00. The van der Waals surface area contributed by atoms with Gasteiger partial charge < -0.3 is 10.2 Å². The second-order valence-corrected chi connectivity index (χ2v) is 6.26. The average Bonchev–Trinajstić information content (AvgIpc) is 2.15. The third-order valence-corrected chi connectivity index (χ3v) is 4.72. The molecule has 2 aliphatic rings. The van der Waals surface area contributed by atoms with Crippen LogP contribution < -0.4 is 5.32 Å². The van der Waals surface area contributed by atoms with E-state index in [0.29, 0.717) is 0 Å². The van der Waals surface area contributed by atoms with E-state index in [2.05, 4.69) is 31.1 Å². The van der Waals surface area contributed by atoms with Crippen molar-refractivity contribution in [2.24, 2.45) is 17.8 Å². The Morgan fingerprint density at radius 3 is 2.38 bits per heavy atom. The molecule has 0 atom stereocenters. The highest BCUT2D eigenvalue weighted by atomic mass is 15.1. The molecular weight excluding hydrogens is 196 g/mol. The second kappa shape index (κ2) is 5.50. The van der Waals surface area contributed by atoms with Crippen LogP contribution in [0.1, 0.15) is 39.5 Å². The van der Waals surface area contributed by atoms with Crippen LogP contribution in [0, 0.1) is 17.8 Å². The molecule has 2 fully saturated rings. The van der Waals surface area contributed by atoms with Crippen LogP contribution in [0.2, 0.25) is 0 Å². The van der Waals surface area contributed by atoms with E-state index >= 15 is 0 Å². The number of piperidine rings is 1. The molecule has 1 N–H and O–H groups in total. The first kappa shape index (κ1) is 12.4. The normalized spacial score (nSPS) is 32.1. The predicted octanol–water partition coefficient (Wildman–Crippen LogP) is 2.35. The molecule has 2 rings (SSSR count). The van der Waals surface area contributed by atoms with E-state index in [0.717, 1.165) is 23.8 Å². The van der Waals surface area contributed by atoms with Gasteiger partial charge >= 0.3 is 0 Å². The van der Waals surface area contributed by atoms with Gasteiger partial charge in [-0.1, -0.05) is 13.8 Å². The van der Waals surface area contributed by atoms with Crippen molar-refractivity contribution in [1.29, 1.82) is 0 Å². The highest BCUT2D eigenvalue weighted by Gasteiger charge is 2.34. The largest absolute Gasteiger partial charge is 0.317 e. The van der Waals surface area contributed by atoms with Gasteiger partial charge in [-0.05, 0) is 63.6 Å². The Labute approximate surface area is 101 Å². The van der Waals surface area contributed by atoms with Crippen molar-refractivity contribution in [2.45, 2.75) is 45.6 Å². The lowest BCUT2D eigenvalue weighted by Gasteiger charge is -2.44. The van der Waals surface area contributed by atoms with Gasteiger partial charge in [0.25, 0.3) is 0 Å². The summed E-state index contributed by atoms with van der Waals surface area (Å²) >= 11 is 0. The lowest BCUT2D eigenvalue weighted by atomic mass is 9.73. The van der Waals surface area contributed by atoms with Gasteiger partial charge in [-0.15, -0.1) is 0 Å². The number of nitrogens with one attached hydrogen (secondary N) is 1. The van der Waals surface area contributed by atoms with Gasteiger partial charge in [0.05, 0.1) is 0 Å². The van der Waals surface area contributed by atoms with Gasteiger partial charge in [-0.25, -0.2) is 0 Å². The molecule has 1 aliphatic heterocycles. The number of hydrogen-bond donors (Lipinski definition) is 1. The van der Waals surface area contributed by atoms with Crippen molar-refractivity contribution in [3.05, 3.63) is 0 Å². The monoisotopic (exact) mass is 224 g/mol. The molecule has 0 unspecified atom stereocenters. The second-order valence-electron chi connectivity index (χ2n) is 6.26. The van der Waals surface area contributed by atoms with E-state index in [1.807, 2.05) is 0 Å². The van der Waals surface area contributed by atoms with E-state index in [1.54, 1.807) is 0 Å². The molecular formula is C14H28N2. The highest BCUT2D eigenvalue weighted by Crippen LogP contribution is 2.36. The van der Waals surface area contributed by atoms with Gasteiger partial charge in [-0.3, -0.25) is 0 Å². The minimum atomic E-state index is 0.891. The standard InChI is InChI=1S/C14H28N2/c1-11(2)13-8-14(9-13)16(3)10-12-4-6-15-7-5-12/h11-15H,4-10H2,1-3H3. The summed E-state index contributed by atoms with van der Waals surface area (Å²) in [6.07, 6.45) is 5.65. The van der Waals surface area contributed by atoms with Crippen molar-refractivity contribution in [3.63, 3.8) is 0 Å². The highest BCUT2D eigenvalue weighted by molar-refractivity contribution is 4.88. The lowest BCUT2D eigenvalue weighted by molar-refractivity contribution is 0.0597. The summed E-state index contributed by atoms with van der Waals surface area (Å²) in [6, 6.07) is 0.891. The first-order valence-electron chi connectivity index (χ1n) is 7.07. The van der Waals surface area contributed by atoms with Crippen molar-refractivity contribution in [3.8, 4) is 0 Å². The van der Waals surface area contributed by atoms with E-state index in [1.165, 1.54) is 45.3 Å². The minimum absolute atomic E-state index is 0.891. The Morgan fingerprint density at radius 1 is 1.19 bits per heavy atom. The van der Waals surface area contributed by atoms with E-state index in [-0.39, 0.29) is 0 Å². The van der Waals surface area contributed by atoms with Crippen molar-refractivity contribution in [2.75, 3.05) is 26.7 Å².